The first kappa shape index (κ1) is 26.5. The molecular formula is C30H18O12S. The number of phenols is 6. The molecule has 216 valence electrons. The van der Waals surface area contributed by atoms with Gasteiger partial charge in [-0.1, -0.05) is 0 Å². The molecule has 0 aromatic heterocycles. The van der Waals surface area contributed by atoms with Gasteiger partial charge in [0.2, 0.25) is 0 Å². The average molecular weight is 603 g/mol. The predicted molar refractivity (Wildman–Crippen MR) is 160 cm³/mol. The summed E-state index contributed by atoms with van der Waals surface area (Å²) in [5.74, 6) is -2.75. The Hall–Kier alpha value is -5.37. The Morgan fingerprint density at radius 3 is 1.00 bits per heavy atom. The second-order valence-electron chi connectivity index (χ2n) is 10.6. The van der Waals surface area contributed by atoms with Crippen molar-refractivity contribution in [3.05, 3.63) is 55.8 Å². The lowest BCUT2D eigenvalue weighted by Gasteiger charge is -2.25. The van der Waals surface area contributed by atoms with Gasteiger partial charge in [0, 0.05) is 55.2 Å². The summed E-state index contributed by atoms with van der Waals surface area (Å²) in [5.41, 5.74) is 0.175. The Morgan fingerprint density at radius 2 is 0.674 bits per heavy atom. The number of benzene rings is 8. The summed E-state index contributed by atoms with van der Waals surface area (Å²) in [4.78, 5) is 26.7. The van der Waals surface area contributed by atoms with E-state index in [1.54, 1.807) is 13.8 Å². The van der Waals surface area contributed by atoms with E-state index in [4.69, 9.17) is 17.5 Å². The highest BCUT2D eigenvalue weighted by atomic mass is 32.3. The highest BCUT2D eigenvalue weighted by Gasteiger charge is 2.33. The fraction of sp³-hybridized carbons (Fsp3) is 0.0667. The normalized spacial score (nSPS) is 12.7. The van der Waals surface area contributed by atoms with Crippen LogP contribution in [0.15, 0.2) is 33.9 Å². The Balaban J connectivity index is 0.000000558. The summed E-state index contributed by atoms with van der Waals surface area (Å²) in [6.07, 6.45) is 0. The van der Waals surface area contributed by atoms with Gasteiger partial charge < -0.3 is 30.6 Å². The van der Waals surface area contributed by atoms with Gasteiger partial charge in [-0.25, -0.2) is 0 Å². The van der Waals surface area contributed by atoms with Gasteiger partial charge >= 0.3 is 10.4 Å². The van der Waals surface area contributed by atoms with Crippen molar-refractivity contribution >= 4 is 85.8 Å². The van der Waals surface area contributed by atoms with Crippen molar-refractivity contribution in [3.63, 3.8) is 0 Å². The summed E-state index contributed by atoms with van der Waals surface area (Å²) in [7, 11) is -4.67. The van der Waals surface area contributed by atoms with E-state index < -0.39 is 55.8 Å². The van der Waals surface area contributed by atoms with Gasteiger partial charge in [0.25, 0.3) is 0 Å². The molecule has 0 unspecified atom stereocenters. The minimum absolute atomic E-state index is 0.0431. The first-order valence-electron chi connectivity index (χ1n) is 12.5. The quantitative estimate of drug-likeness (QED) is 0.0684. The molecule has 0 saturated carbocycles. The molecular weight excluding hydrogens is 584 g/mol. The first-order valence-corrected chi connectivity index (χ1v) is 13.9. The van der Waals surface area contributed by atoms with Gasteiger partial charge in [0.1, 0.15) is 34.5 Å². The number of hydrogen-bond donors (Lipinski definition) is 8. The molecule has 0 aliphatic carbocycles. The molecule has 0 amide bonds. The summed E-state index contributed by atoms with van der Waals surface area (Å²) in [6, 6.07) is 4.77. The maximum absolute atomic E-state index is 13.4. The van der Waals surface area contributed by atoms with Crippen LogP contribution in [0.2, 0.25) is 0 Å². The molecule has 8 rings (SSSR count). The standard InChI is InChI=1S/C30H16O8.H2O4S/c1-7-3-9(31)19-23-15(7)16-8(2)4-10(32)20-24(16)28-26-18(12(34)6-14(36)22(26)30(20)38)17-11(33)5-13(35)21(29(19)37)25(17)27(23)28;1-5(2,3)4/h3-6,33-38H,1-2H3;(H2,1,2,3,4). The molecule has 8 aromatic carbocycles. The lowest BCUT2D eigenvalue weighted by molar-refractivity contribution is 0.380. The highest BCUT2D eigenvalue weighted by Crippen LogP contribution is 2.60. The zero-order valence-corrected chi connectivity index (χ0v) is 22.7. The van der Waals surface area contributed by atoms with E-state index in [9.17, 15) is 40.2 Å². The van der Waals surface area contributed by atoms with Crippen LogP contribution < -0.4 is 10.9 Å². The molecule has 13 heteroatoms. The Labute approximate surface area is 238 Å². The van der Waals surface area contributed by atoms with Crippen LogP contribution in [0.5, 0.6) is 34.5 Å². The van der Waals surface area contributed by atoms with Crippen LogP contribution in [0.4, 0.5) is 0 Å². The Bertz CT molecular complexity index is 2590. The van der Waals surface area contributed by atoms with Crippen LogP contribution in [0.3, 0.4) is 0 Å². The zero-order valence-electron chi connectivity index (χ0n) is 21.9. The third-order valence-electron chi connectivity index (χ3n) is 8.25. The lowest BCUT2D eigenvalue weighted by Crippen LogP contribution is -2.08. The minimum atomic E-state index is -4.67. The SMILES string of the molecule is Cc1cc(=O)c2c(O)c3c(O)cc(O)c4c5c(O)cc(O)c6c(O)c7c(=O)cc(C)c8c1c2c(c34)c(c65)c78.O=S(=O)(O)O. The van der Waals surface area contributed by atoms with Gasteiger partial charge in [0.15, 0.2) is 10.9 Å². The Kier molecular flexibility index (Phi) is 4.88. The third kappa shape index (κ3) is 3.12. The van der Waals surface area contributed by atoms with Gasteiger partial charge in [-0.2, -0.15) is 8.42 Å². The molecule has 0 aliphatic rings. The fourth-order valence-corrected chi connectivity index (χ4v) is 6.98. The largest absolute Gasteiger partial charge is 0.507 e. The molecule has 0 aliphatic heterocycles. The summed E-state index contributed by atoms with van der Waals surface area (Å²) < 4.78 is 31.6. The molecule has 12 nitrogen and oxygen atoms in total. The topological polar surface area (TPSA) is 230 Å². The van der Waals surface area contributed by atoms with Crippen LogP contribution >= 0.6 is 0 Å². The zero-order chi connectivity index (χ0) is 31.2. The molecule has 0 bridgehead atoms. The van der Waals surface area contributed by atoms with E-state index in [2.05, 4.69) is 0 Å². The summed E-state index contributed by atoms with van der Waals surface area (Å²) >= 11 is 0. The van der Waals surface area contributed by atoms with E-state index in [-0.39, 0.29) is 43.1 Å². The molecule has 8 N–H and O–H groups in total. The maximum Gasteiger partial charge on any atom is 0.394 e. The first-order chi connectivity index (χ1) is 20.0. The van der Waals surface area contributed by atoms with Crippen molar-refractivity contribution in [2.75, 3.05) is 0 Å². The molecule has 0 spiro atoms. The molecule has 0 fully saturated rings. The van der Waals surface area contributed by atoms with Gasteiger partial charge in [0.05, 0.1) is 21.5 Å². The van der Waals surface area contributed by atoms with Crippen molar-refractivity contribution in [2.24, 2.45) is 0 Å². The molecule has 43 heavy (non-hydrogen) atoms. The average Bonchev–Trinajstić information content (AvgIpc) is 2.86. The molecule has 0 saturated heterocycles. The van der Waals surface area contributed by atoms with Crippen LogP contribution in [0.1, 0.15) is 11.1 Å². The second kappa shape index (κ2) is 7.92. The van der Waals surface area contributed by atoms with E-state index in [0.29, 0.717) is 43.4 Å². The number of hydrogen-bond acceptors (Lipinski definition) is 10. The third-order valence-corrected chi connectivity index (χ3v) is 8.25. The maximum atomic E-state index is 13.4. The minimum Gasteiger partial charge on any atom is -0.507 e. The molecule has 8 aromatic rings. The van der Waals surface area contributed by atoms with Gasteiger partial charge in [-0.15, -0.1) is 0 Å². The van der Waals surface area contributed by atoms with E-state index in [1.807, 2.05) is 0 Å². The lowest BCUT2D eigenvalue weighted by atomic mass is 9.78. The summed E-state index contributed by atoms with van der Waals surface area (Å²) in [5, 5.41) is 69.6. The number of rotatable bonds is 0. The molecule has 0 heterocycles. The van der Waals surface area contributed by atoms with Crippen LogP contribution in [-0.4, -0.2) is 48.2 Å². The number of aryl methyl sites for hydroxylation is 2. The van der Waals surface area contributed by atoms with Crippen molar-refractivity contribution in [1.82, 2.24) is 0 Å². The highest BCUT2D eigenvalue weighted by molar-refractivity contribution is 7.79. The number of aromatic hydroxyl groups is 6. The molecule has 0 atom stereocenters. The second-order valence-corrected chi connectivity index (χ2v) is 11.5. The van der Waals surface area contributed by atoms with Crippen molar-refractivity contribution in [3.8, 4) is 34.5 Å². The fourth-order valence-electron chi connectivity index (χ4n) is 6.98. The van der Waals surface area contributed by atoms with E-state index in [0.717, 1.165) is 12.1 Å². The summed E-state index contributed by atoms with van der Waals surface area (Å²) in [6.45, 7) is 3.47. The van der Waals surface area contributed by atoms with Crippen LogP contribution in [0, 0.1) is 13.8 Å². The Morgan fingerprint density at radius 1 is 0.419 bits per heavy atom. The monoisotopic (exact) mass is 602 g/mol. The van der Waals surface area contributed by atoms with Gasteiger partial charge in [-0.3, -0.25) is 18.7 Å². The van der Waals surface area contributed by atoms with Gasteiger partial charge in [-0.05, 0) is 47.9 Å². The predicted octanol–water partition coefficient (Wildman–Crippen LogP) is 4.43. The van der Waals surface area contributed by atoms with Crippen molar-refractivity contribution in [1.29, 1.82) is 0 Å². The smallest absolute Gasteiger partial charge is 0.394 e. The van der Waals surface area contributed by atoms with E-state index in [1.165, 1.54) is 12.1 Å². The van der Waals surface area contributed by atoms with E-state index >= 15 is 0 Å². The van der Waals surface area contributed by atoms with Crippen LogP contribution in [-0.2, 0) is 10.4 Å². The van der Waals surface area contributed by atoms with Crippen LogP contribution in [0.25, 0.3) is 75.4 Å². The van der Waals surface area contributed by atoms with Crippen molar-refractivity contribution in [2.45, 2.75) is 13.8 Å². The van der Waals surface area contributed by atoms with Crippen molar-refractivity contribution < 1.29 is 48.2 Å². The number of fused-ring (bicyclic) bond motifs is 2. The number of phenolic OH excluding ortho intramolecular Hbond substituents is 6. The molecule has 0 radical (unpaired) electrons.